The Labute approximate surface area is 155 Å². The lowest BCUT2D eigenvalue weighted by Crippen LogP contribution is -2.18. The third-order valence-electron chi connectivity index (χ3n) is 5.05. The minimum Gasteiger partial charge on any atom is -0.496 e. The zero-order chi connectivity index (χ0) is 18.8. The van der Waals surface area contributed by atoms with Gasteiger partial charge in [-0.15, -0.1) is 0 Å². The fourth-order valence-electron chi connectivity index (χ4n) is 3.70. The topological polar surface area (TPSA) is 102 Å². The van der Waals surface area contributed by atoms with Gasteiger partial charge in [0.05, 0.1) is 13.7 Å². The van der Waals surface area contributed by atoms with E-state index in [1.807, 2.05) is 24.3 Å². The van der Waals surface area contributed by atoms with Crippen LogP contribution in [0.5, 0.6) is 5.75 Å². The highest BCUT2D eigenvalue weighted by Crippen LogP contribution is 2.33. The summed E-state index contributed by atoms with van der Waals surface area (Å²) in [7, 11) is 1.60. The lowest BCUT2D eigenvalue weighted by Gasteiger charge is -2.12. The number of aromatic amines is 1. The molecular formula is C19H20N5O3. The van der Waals surface area contributed by atoms with Crippen LogP contribution in [-0.2, 0) is 11.3 Å². The molecule has 0 bridgehead atoms. The Morgan fingerprint density at radius 3 is 2.81 bits per heavy atom. The second kappa shape index (κ2) is 7.22. The van der Waals surface area contributed by atoms with Gasteiger partial charge >= 0.3 is 12.1 Å². The Morgan fingerprint density at radius 1 is 1.30 bits per heavy atom. The highest BCUT2D eigenvalue weighted by molar-refractivity contribution is 5.88. The highest BCUT2D eigenvalue weighted by Gasteiger charge is 2.23. The van der Waals surface area contributed by atoms with Crippen LogP contribution in [0.2, 0.25) is 0 Å². The molecule has 1 fully saturated rings. The highest BCUT2D eigenvalue weighted by atomic mass is 16.5. The summed E-state index contributed by atoms with van der Waals surface area (Å²) >= 11 is 0. The van der Waals surface area contributed by atoms with Crippen molar-refractivity contribution in [2.75, 3.05) is 12.4 Å². The molecule has 2 aromatic heterocycles. The minimum absolute atomic E-state index is 0.242. The van der Waals surface area contributed by atoms with E-state index in [2.05, 4.69) is 20.3 Å². The maximum absolute atomic E-state index is 12.6. The molecule has 1 aliphatic rings. The number of para-hydroxylation sites is 1. The Kier molecular flexibility index (Phi) is 4.62. The molecule has 4 rings (SSSR count). The molecule has 1 amide bonds. The Bertz CT molecular complexity index is 1030. The number of methoxy groups -OCH3 is 1. The average molecular weight is 366 g/mol. The first kappa shape index (κ1) is 17.3. The van der Waals surface area contributed by atoms with Crippen molar-refractivity contribution < 1.29 is 9.53 Å². The van der Waals surface area contributed by atoms with Crippen molar-refractivity contribution in [1.29, 1.82) is 0 Å². The van der Waals surface area contributed by atoms with Crippen molar-refractivity contribution in [3.8, 4) is 5.75 Å². The number of fused-ring (bicyclic) bond motifs is 1. The van der Waals surface area contributed by atoms with Gasteiger partial charge in [0.1, 0.15) is 17.1 Å². The molecule has 3 aromatic rings. The summed E-state index contributed by atoms with van der Waals surface area (Å²) in [6, 6.07) is 7.53. The maximum atomic E-state index is 12.6. The first-order chi connectivity index (χ1) is 13.2. The fourth-order valence-corrected chi connectivity index (χ4v) is 3.70. The zero-order valence-corrected chi connectivity index (χ0v) is 15.0. The van der Waals surface area contributed by atoms with Crippen LogP contribution in [0.25, 0.3) is 11.2 Å². The van der Waals surface area contributed by atoms with Gasteiger partial charge in [-0.1, -0.05) is 31.0 Å². The first-order valence-corrected chi connectivity index (χ1v) is 8.96. The summed E-state index contributed by atoms with van der Waals surface area (Å²) in [6.07, 6.45) is 5.94. The number of H-pyrrole nitrogens is 1. The molecule has 0 unspecified atom stereocenters. The minimum atomic E-state index is -0.317. The number of rotatable bonds is 6. The van der Waals surface area contributed by atoms with Crippen LogP contribution in [-0.4, -0.2) is 33.0 Å². The molecule has 2 N–H and O–H groups in total. The molecule has 8 heteroatoms. The van der Waals surface area contributed by atoms with Crippen molar-refractivity contribution in [2.45, 2.75) is 38.1 Å². The summed E-state index contributed by atoms with van der Waals surface area (Å²) in [4.78, 5) is 35.4. The number of benzene rings is 1. The van der Waals surface area contributed by atoms with Crippen LogP contribution in [0.1, 0.15) is 43.0 Å². The number of amides is 1. The number of ether oxygens (including phenoxy) is 1. The SMILES string of the molecule is COc1ccccc1Cn1c(=O)[nH]c2c(N[C]=O)nc(C3CCCC3)nc21. The predicted octanol–water partition coefficient (Wildman–Crippen LogP) is 2.31. The largest absolute Gasteiger partial charge is 0.496 e. The molecule has 27 heavy (non-hydrogen) atoms. The summed E-state index contributed by atoms with van der Waals surface area (Å²) in [5.41, 5.74) is 1.42. The molecule has 0 saturated heterocycles. The van der Waals surface area contributed by atoms with E-state index < -0.39 is 0 Å². The van der Waals surface area contributed by atoms with E-state index in [-0.39, 0.29) is 17.4 Å². The molecular weight excluding hydrogens is 346 g/mol. The molecule has 0 spiro atoms. The van der Waals surface area contributed by atoms with E-state index in [1.165, 1.54) is 0 Å². The second-order valence-corrected chi connectivity index (χ2v) is 6.67. The Hall–Kier alpha value is -3.16. The molecule has 1 saturated carbocycles. The molecule has 0 aliphatic heterocycles. The van der Waals surface area contributed by atoms with Gasteiger partial charge in [0, 0.05) is 11.5 Å². The number of anilines is 1. The molecule has 2 heterocycles. The number of hydrogen-bond acceptors (Lipinski definition) is 5. The lowest BCUT2D eigenvalue weighted by atomic mass is 10.1. The smallest absolute Gasteiger partial charge is 0.328 e. The van der Waals surface area contributed by atoms with Crippen LogP contribution in [0.4, 0.5) is 5.82 Å². The monoisotopic (exact) mass is 366 g/mol. The molecule has 0 atom stereocenters. The van der Waals surface area contributed by atoms with E-state index in [0.29, 0.717) is 29.3 Å². The standard InChI is InChI=1S/C19H20N5O3/c1-27-14-9-5-4-8-13(14)10-24-18-15(21-19(24)26)17(20-11-25)22-16(23-18)12-6-2-3-7-12/h4-5,8-9,12H,2-3,6-7,10H2,1H3,(H,21,26)(H,20,22,23,25). The quantitative estimate of drug-likeness (QED) is 0.652. The van der Waals surface area contributed by atoms with Gasteiger partial charge < -0.3 is 15.0 Å². The van der Waals surface area contributed by atoms with E-state index in [4.69, 9.17) is 4.74 Å². The molecule has 1 aromatic carbocycles. The van der Waals surface area contributed by atoms with Gasteiger partial charge in [0.25, 0.3) is 0 Å². The summed E-state index contributed by atoms with van der Waals surface area (Å²) in [5.74, 6) is 1.88. The van der Waals surface area contributed by atoms with Crippen molar-refractivity contribution in [2.24, 2.45) is 0 Å². The van der Waals surface area contributed by atoms with Crippen molar-refractivity contribution in [3.63, 3.8) is 0 Å². The van der Waals surface area contributed by atoms with Gasteiger partial charge in [-0.2, -0.15) is 0 Å². The van der Waals surface area contributed by atoms with Gasteiger partial charge in [-0.05, 0) is 18.9 Å². The number of nitrogens with one attached hydrogen (secondary N) is 2. The summed E-state index contributed by atoms with van der Waals surface area (Å²) in [5, 5.41) is 2.48. The third kappa shape index (κ3) is 3.18. The third-order valence-corrected chi connectivity index (χ3v) is 5.05. The van der Waals surface area contributed by atoms with Gasteiger partial charge in [0.2, 0.25) is 0 Å². The lowest BCUT2D eigenvalue weighted by molar-refractivity contribution is 0.408. The molecule has 1 radical (unpaired) electrons. The van der Waals surface area contributed by atoms with Crippen LogP contribution in [0.3, 0.4) is 0 Å². The van der Waals surface area contributed by atoms with Crippen molar-refractivity contribution in [3.05, 3.63) is 46.1 Å². The normalized spacial score (nSPS) is 14.6. The Morgan fingerprint density at radius 2 is 2.07 bits per heavy atom. The second-order valence-electron chi connectivity index (χ2n) is 6.67. The number of carbonyl (C=O) groups excluding carboxylic acids is 1. The molecule has 139 valence electrons. The number of hydrogen-bond donors (Lipinski definition) is 2. The maximum Gasteiger partial charge on any atom is 0.328 e. The predicted molar refractivity (Wildman–Crippen MR) is 101 cm³/mol. The van der Waals surface area contributed by atoms with E-state index >= 15 is 0 Å². The van der Waals surface area contributed by atoms with Gasteiger partial charge in [-0.3, -0.25) is 9.36 Å². The number of nitrogens with zero attached hydrogens (tertiary/aromatic N) is 3. The van der Waals surface area contributed by atoms with Crippen LogP contribution < -0.4 is 15.7 Å². The summed E-state index contributed by atoms with van der Waals surface area (Å²) < 4.78 is 6.94. The van der Waals surface area contributed by atoms with Crippen LogP contribution in [0, 0.1) is 0 Å². The Balaban J connectivity index is 1.85. The molecule has 8 nitrogen and oxygen atoms in total. The van der Waals surface area contributed by atoms with Crippen molar-refractivity contribution in [1.82, 2.24) is 19.5 Å². The van der Waals surface area contributed by atoms with E-state index in [1.54, 1.807) is 18.1 Å². The van der Waals surface area contributed by atoms with Crippen LogP contribution in [0.15, 0.2) is 29.1 Å². The fraction of sp³-hybridized carbons (Fsp3) is 0.368. The van der Waals surface area contributed by atoms with Gasteiger partial charge in [-0.25, -0.2) is 14.8 Å². The zero-order valence-electron chi connectivity index (χ0n) is 15.0. The summed E-state index contributed by atoms with van der Waals surface area (Å²) in [6.45, 7) is 0.300. The van der Waals surface area contributed by atoms with E-state index in [0.717, 1.165) is 31.2 Å². The van der Waals surface area contributed by atoms with Crippen molar-refractivity contribution >= 4 is 23.4 Å². The average Bonchev–Trinajstić information content (AvgIpc) is 3.32. The first-order valence-electron chi connectivity index (χ1n) is 8.96. The van der Waals surface area contributed by atoms with Crippen LogP contribution >= 0.6 is 0 Å². The van der Waals surface area contributed by atoms with Gasteiger partial charge in [0.15, 0.2) is 11.5 Å². The molecule has 1 aliphatic carbocycles. The number of aromatic nitrogens is 4. The van der Waals surface area contributed by atoms with E-state index in [9.17, 15) is 9.59 Å². The number of imidazole rings is 1.